The van der Waals surface area contributed by atoms with Gasteiger partial charge in [0.25, 0.3) is 0 Å². The van der Waals surface area contributed by atoms with Gasteiger partial charge < -0.3 is 5.32 Å². The van der Waals surface area contributed by atoms with E-state index in [1.54, 1.807) is 29.4 Å². The minimum absolute atomic E-state index is 0.0703. The molecule has 1 fully saturated rings. The van der Waals surface area contributed by atoms with E-state index >= 15 is 0 Å². The minimum atomic E-state index is -3.71. The van der Waals surface area contributed by atoms with Crippen LogP contribution in [0.3, 0.4) is 0 Å². The molecule has 3 rings (SSSR count). The van der Waals surface area contributed by atoms with Crippen molar-refractivity contribution in [1.82, 2.24) is 4.31 Å². The fraction of sp³-hybridized carbons (Fsp3) is 0.381. The van der Waals surface area contributed by atoms with E-state index in [0.717, 1.165) is 18.4 Å². The molecule has 2 aromatic carbocycles. The predicted molar refractivity (Wildman–Crippen MR) is 107 cm³/mol. The van der Waals surface area contributed by atoms with Crippen LogP contribution in [-0.4, -0.2) is 24.7 Å². The Morgan fingerprint density at radius 3 is 2.44 bits per heavy atom. The predicted octanol–water partition coefficient (Wildman–Crippen LogP) is 3.94. The molecule has 1 N–H and O–H groups in total. The summed E-state index contributed by atoms with van der Waals surface area (Å²) >= 11 is 0. The molecule has 1 aliphatic carbocycles. The maximum absolute atomic E-state index is 13.6. The number of benzene rings is 2. The molecule has 0 aliphatic heterocycles. The number of aryl methyl sites for hydroxylation is 1. The van der Waals surface area contributed by atoms with Gasteiger partial charge in [-0.3, -0.25) is 4.79 Å². The van der Waals surface area contributed by atoms with Gasteiger partial charge in [-0.25, -0.2) is 8.42 Å². The van der Waals surface area contributed by atoms with E-state index in [2.05, 4.69) is 5.32 Å². The van der Waals surface area contributed by atoms with Crippen molar-refractivity contribution in [2.45, 2.75) is 51.1 Å². The van der Waals surface area contributed by atoms with Gasteiger partial charge in [0.1, 0.15) is 0 Å². The number of anilines is 1. The highest BCUT2D eigenvalue weighted by molar-refractivity contribution is 7.89. The van der Waals surface area contributed by atoms with Crippen molar-refractivity contribution in [3.63, 3.8) is 0 Å². The van der Waals surface area contributed by atoms with Gasteiger partial charge in [-0.1, -0.05) is 36.4 Å². The van der Waals surface area contributed by atoms with E-state index < -0.39 is 10.0 Å². The Bertz CT molecular complexity index is 922. The fourth-order valence-corrected chi connectivity index (χ4v) is 5.24. The number of carbonyl (C=O) groups excluding carboxylic acids is 1. The van der Waals surface area contributed by atoms with Gasteiger partial charge in [0, 0.05) is 25.2 Å². The standard InChI is InChI=1S/C21H26N2O3S/c1-15-9-12-20(22-17(3)24)13-21(15)27(25,26)23(16(2)19-10-11-19)14-18-7-5-4-6-8-18/h4-9,12-13,16,19H,10-11,14H2,1-3H3,(H,22,24). The number of hydrogen-bond acceptors (Lipinski definition) is 3. The van der Waals surface area contributed by atoms with Gasteiger partial charge in [-0.05, 0) is 55.9 Å². The molecular weight excluding hydrogens is 360 g/mol. The van der Waals surface area contributed by atoms with Gasteiger partial charge in [0.2, 0.25) is 15.9 Å². The lowest BCUT2D eigenvalue weighted by molar-refractivity contribution is -0.114. The van der Waals surface area contributed by atoms with Crippen molar-refractivity contribution in [2.24, 2.45) is 5.92 Å². The Kier molecular flexibility index (Phi) is 5.67. The Hall–Kier alpha value is -2.18. The van der Waals surface area contributed by atoms with Crippen LogP contribution in [0.4, 0.5) is 5.69 Å². The van der Waals surface area contributed by atoms with E-state index in [0.29, 0.717) is 23.7 Å². The molecule has 0 heterocycles. The van der Waals surface area contributed by atoms with E-state index in [1.807, 2.05) is 37.3 Å². The third-order valence-corrected chi connectivity index (χ3v) is 7.11. The molecule has 1 aliphatic rings. The number of nitrogens with one attached hydrogen (secondary N) is 1. The maximum atomic E-state index is 13.6. The summed E-state index contributed by atoms with van der Waals surface area (Å²) in [7, 11) is -3.71. The second-order valence-electron chi connectivity index (χ2n) is 7.28. The topological polar surface area (TPSA) is 66.5 Å². The SMILES string of the molecule is CC(=O)Nc1ccc(C)c(S(=O)(=O)N(Cc2ccccc2)C(C)C2CC2)c1. The van der Waals surface area contributed by atoms with Crippen molar-refractivity contribution >= 4 is 21.6 Å². The molecule has 5 nitrogen and oxygen atoms in total. The van der Waals surface area contributed by atoms with Crippen LogP contribution in [0.15, 0.2) is 53.4 Å². The van der Waals surface area contributed by atoms with Crippen LogP contribution in [0.2, 0.25) is 0 Å². The lowest BCUT2D eigenvalue weighted by Gasteiger charge is -2.29. The van der Waals surface area contributed by atoms with Gasteiger partial charge in [-0.2, -0.15) is 4.31 Å². The normalized spacial score (nSPS) is 15.6. The molecule has 0 radical (unpaired) electrons. The fourth-order valence-electron chi connectivity index (χ4n) is 3.31. The van der Waals surface area contributed by atoms with Gasteiger partial charge in [-0.15, -0.1) is 0 Å². The maximum Gasteiger partial charge on any atom is 0.243 e. The average Bonchev–Trinajstić information content (AvgIpc) is 3.46. The Morgan fingerprint density at radius 1 is 1.19 bits per heavy atom. The van der Waals surface area contributed by atoms with Crippen LogP contribution in [-0.2, 0) is 21.4 Å². The zero-order valence-corrected chi connectivity index (χ0v) is 16.8. The highest BCUT2D eigenvalue weighted by Crippen LogP contribution is 2.38. The zero-order chi connectivity index (χ0) is 19.6. The van der Waals surface area contributed by atoms with Crippen molar-refractivity contribution in [3.05, 3.63) is 59.7 Å². The lowest BCUT2D eigenvalue weighted by atomic mass is 10.2. The summed E-state index contributed by atoms with van der Waals surface area (Å²) in [5.41, 5.74) is 2.12. The van der Waals surface area contributed by atoms with Crippen LogP contribution in [0, 0.1) is 12.8 Å². The number of hydrogen-bond donors (Lipinski definition) is 1. The first-order chi connectivity index (χ1) is 12.8. The van der Waals surface area contributed by atoms with E-state index in [9.17, 15) is 13.2 Å². The van der Waals surface area contributed by atoms with Crippen LogP contribution in [0.5, 0.6) is 0 Å². The molecule has 2 aromatic rings. The molecule has 27 heavy (non-hydrogen) atoms. The number of amides is 1. The van der Waals surface area contributed by atoms with Crippen LogP contribution in [0.25, 0.3) is 0 Å². The molecule has 1 amide bonds. The molecule has 1 unspecified atom stereocenters. The average molecular weight is 387 g/mol. The third-order valence-electron chi connectivity index (χ3n) is 5.03. The lowest BCUT2D eigenvalue weighted by Crippen LogP contribution is -2.39. The van der Waals surface area contributed by atoms with Crippen LogP contribution >= 0.6 is 0 Å². The van der Waals surface area contributed by atoms with Crippen LogP contribution < -0.4 is 5.32 Å². The highest BCUT2D eigenvalue weighted by atomic mass is 32.2. The summed E-state index contributed by atoms with van der Waals surface area (Å²) in [5.74, 6) is 0.178. The van der Waals surface area contributed by atoms with Crippen molar-refractivity contribution in [2.75, 3.05) is 5.32 Å². The number of nitrogens with zero attached hydrogens (tertiary/aromatic N) is 1. The molecule has 0 spiro atoms. The zero-order valence-electron chi connectivity index (χ0n) is 16.0. The monoisotopic (exact) mass is 386 g/mol. The van der Waals surface area contributed by atoms with Gasteiger partial charge in [0.15, 0.2) is 0 Å². The van der Waals surface area contributed by atoms with Crippen molar-refractivity contribution in [1.29, 1.82) is 0 Å². The molecule has 1 atom stereocenters. The number of carbonyl (C=O) groups is 1. The minimum Gasteiger partial charge on any atom is -0.326 e. The summed E-state index contributed by atoms with van der Waals surface area (Å²) in [6.45, 7) is 5.52. The molecule has 6 heteroatoms. The summed E-state index contributed by atoms with van der Waals surface area (Å²) in [4.78, 5) is 11.6. The summed E-state index contributed by atoms with van der Waals surface area (Å²) in [6.07, 6.45) is 2.12. The Labute approximate surface area is 161 Å². The summed E-state index contributed by atoms with van der Waals surface area (Å²) in [5, 5.41) is 2.68. The Balaban J connectivity index is 2.00. The largest absolute Gasteiger partial charge is 0.326 e. The van der Waals surface area contributed by atoms with Crippen LogP contribution in [0.1, 0.15) is 37.8 Å². The summed E-state index contributed by atoms with van der Waals surface area (Å²) < 4.78 is 28.8. The molecule has 0 saturated heterocycles. The molecule has 144 valence electrons. The van der Waals surface area contributed by atoms with Gasteiger partial charge in [0.05, 0.1) is 4.90 Å². The van der Waals surface area contributed by atoms with E-state index in [4.69, 9.17) is 0 Å². The second-order valence-corrected chi connectivity index (χ2v) is 9.13. The van der Waals surface area contributed by atoms with Crippen molar-refractivity contribution in [3.8, 4) is 0 Å². The second kappa shape index (κ2) is 7.82. The first-order valence-corrected chi connectivity index (χ1v) is 10.7. The van der Waals surface area contributed by atoms with E-state index in [-0.39, 0.29) is 16.8 Å². The molecule has 1 saturated carbocycles. The first kappa shape index (κ1) is 19.6. The highest BCUT2D eigenvalue weighted by Gasteiger charge is 2.38. The number of rotatable bonds is 7. The summed E-state index contributed by atoms with van der Waals surface area (Å²) in [6, 6.07) is 14.6. The van der Waals surface area contributed by atoms with E-state index in [1.165, 1.54) is 6.92 Å². The Morgan fingerprint density at radius 2 is 1.85 bits per heavy atom. The number of sulfonamides is 1. The van der Waals surface area contributed by atoms with Crippen molar-refractivity contribution < 1.29 is 13.2 Å². The smallest absolute Gasteiger partial charge is 0.243 e. The van der Waals surface area contributed by atoms with Gasteiger partial charge >= 0.3 is 0 Å². The first-order valence-electron chi connectivity index (χ1n) is 9.23. The third kappa shape index (κ3) is 4.57. The quantitative estimate of drug-likeness (QED) is 0.784. The molecule has 0 bridgehead atoms. The molecule has 0 aromatic heterocycles. The molecular formula is C21H26N2O3S.